The first-order valence-corrected chi connectivity index (χ1v) is 9.49. The Morgan fingerprint density at radius 1 is 1.11 bits per heavy atom. The molecule has 1 aliphatic rings. The summed E-state index contributed by atoms with van der Waals surface area (Å²) in [6.45, 7) is 8.22. The second-order valence-corrected chi connectivity index (χ2v) is 6.63. The summed E-state index contributed by atoms with van der Waals surface area (Å²) in [7, 11) is 1.69. The van der Waals surface area contributed by atoms with Crippen LogP contribution < -0.4 is 15.4 Å². The van der Waals surface area contributed by atoms with Gasteiger partial charge in [0.15, 0.2) is 0 Å². The number of rotatable bonds is 9. The molecule has 0 radical (unpaired) electrons. The van der Waals surface area contributed by atoms with Gasteiger partial charge in [-0.3, -0.25) is 4.90 Å². The van der Waals surface area contributed by atoms with Crippen molar-refractivity contribution >= 4 is 11.8 Å². The minimum Gasteiger partial charge on any atom is -0.497 e. The van der Waals surface area contributed by atoms with Crippen molar-refractivity contribution in [3.05, 3.63) is 41.6 Å². The van der Waals surface area contributed by atoms with E-state index in [9.17, 15) is 0 Å². The molecule has 1 aliphatic heterocycles. The number of benzene rings is 1. The lowest BCUT2D eigenvalue weighted by molar-refractivity contribution is 0.0398. The van der Waals surface area contributed by atoms with Gasteiger partial charge >= 0.3 is 0 Å². The van der Waals surface area contributed by atoms with Crippen molar-refractivity contribution < 1.29 is 9.47 Å². The molecular weight excluding hydrogens is 342 g/mol. The maximum absolute atomic E-state index is 5.38. The molecular formula is C20H29N5O2. The predicted molar refractivity (Wildman–Crippen MR) is 108 cm³/mol. The lowest BCUT2D eigenvalue weighted by atomic mass is 10.1. The van der Waals surface area contributed by atoms with Gasteiger partial charge in [-0.1, -0.05) is 12.1 Å². The summed E-state index contributed by atoms with van der Waals surface area (Å²) in [6, 6.07) is 10.1. The standard InChI is InChI=1S/C20H29N5O2/c1-16-14-19(21-7-6-17-4-3-5-18(15-17)26-2)24-20(23-16)22-8-9-25-10-12-27-13-11-25/h3-5,14-15H,6-13H2,1-2H3,(H2,21,22,23,24). The van der Waals surface area contributed by atoms with Crippen LogP contribution in [0, 0.1) is 6.92 Å². The van der Waals surface area contributed by atoms with Crippen LogP contribution in [-0.4, -0.2) is 67.9 Å². The molecule has 2 aromatic rings. The molecule has 1 saturated heterocycles. The summed E-state index contributed by atoms with van der Waals surface area (Å²) in [5, 5.41) is 6.73. The Labute approximate surface area is 161 Å². The van der Waals surface area contributed by atoms with E-state index in [1.807, 2.05) is 25.1 Å². The quantitative estimate of drug-likeness (QED) is 0.700. The van der Waals surface area contributed by atoms with Crippen molar-refractivity contribution in [1.29, 1.82) is 0 Å². The molecule has 0 bridgehead atoms. The van der Waals surface area contributed by atoms with Gasteiger partial charge in [0, 0.05) is 44.5 Å². The molecule has 0 amide bonds. The third kappa shape index (κ3) is 6.37. The van der Waals surface area contributed by atoms with Crippen LogP contribution in [0.25, 0.3) is 0 Å². The lowest BCUT2D eigenvalue weighted by Gasteiger charge is -2.26. The lowest BCUT2D eigenvalue weighted by Crippen LogP contribution is -2.39. The van der Waals surface area contributed by atoms with Crippen molar-refractivity contribution in [2.75, 3.05) is 63.7 Å². The summed E-state index contributed by atoms with van der Waals surface area (Å²) in [4.78, 5) is 11.5. The Hall–Kier alpha value is -2.38. The molecule has 1 fully saturated rings. The maximum atomic E-state index is 5.38. The first-order valence-electron chi connectivity index (χ1n) is 9.49. The normalized spacial score (nSPS) is 14.7. The molecule has 146 valence electrons. The average Bonchev–Trinajstić information content (AvgIpc) is 2.69. The highest BCUT2D eigenvalue weighted by Gasteiger charge is 2.10. The van der Waals surface area contributed by atoms with Crippen molar-refractivity contribution in [1.82, 2.24) is 14.9 Å². The predicted octanol–water partition coefficient (Wildman–Crippen LogP) is 2.19. The largest absolute Gasteiger partial charge is 0.497 e. The summed E-state index contributed by atoms with van der Waals surface area (Å²) < 4.78 is 10.6. The molecule has 7 heteroatoms. The smallest absolute Gasteiger partial charge is 0.224 e. The Bertz CT molecular complexity index is 719. The molecule has 0 atom stereocenters. The zero-order chi connectivity index (χ0) is 18.9. The molecule has 3 rings (SSSR count). The first-order chi connectivity index (χ1) is 13.2. The van der Waals surface area contributed by atoms with E-state index < -0.39 is 0 Å². The van der Waals surface area contributed by atoms with Crippen LogP contribution in [0.2, 0.25) is 0 Å². The highest BCUT2D eigenvalue weighted by Crippen LogP contribution is 2.14. The molecule has 2 N–H and O–H groups in total. The third-order valence-electron chi connectivity index (χ3n) is 4.52. The van der Waals surface area contributed by atoms with Gasteiger partial charge in [0.2, 0.25) is 5.95 Å². The van der Waals surface area contributed by atoms with Crippen molar-refractivity contribution in [3.8, 4) is 5.75 Å². The number of nitrogens with one attached hydrogen (secondary N) is 2. The number of hydrogen-bond donors (Lipinski definition) is 2. The van der Waals surface area contributed by atoms with Gasteiger partial charge in [-0.15, -0.1) is 0 Å². The fraction of sp³-hybridized carbons (Fsp3) is 0.500. The summed E-state index contributed by atoms with van der Waals surface area (Å²) in [6.07, 6.45) is 0.903. The first kappa shape index (κ1) is 19.4. The van der Waals surface area contributed by atoms with E-state index in [1.165, 1.54) is 5.56 Å². The zero-order valence-electron chi connectivity index (χ0n) is 16.2. The van der Waals surface area contributed by atoms with Gasteiger partial charge in [-0.2, -0.15) is 4.98 Å². The number of methoxy groups -OCH3 is 1. The van der Waals surface area contributed by atoms with Crippen LogP contribution in [0.3, 0.4) is 0 Å². The van der Waals surface area contributed by atoms with Gasteiger partial charge in [-0.05, 0) is 31.0 Å². The van der Waals surface area contributed by atoms with Gasteiger partial charge in [0.05, 0.1) is 20.3 Å². The zero-order valence-corrected chi connectivity index (χ0v) is 16.2. The van der Waals surface area contributed by atoms with Crippen molar-refractivity contribution in [2.24, 2.45) is 0 Å². The Balaban J connectivity index is 1.47. The molecule has 0 aliphatic carbocycles. The van der Waals surface area contributed by atoms with Gasteiger partial charge < -0.3 is 20.1 Å². The molecule has 1 aromatic heterocycles. The molecule has 0 spiro atoms. The van der Waals surface area contributed by atoms with E-state index >= 15 is 0 Å². The van der Waals surface area contributed by atoms with Gasteiger partial charge in [-0.25, -0.2) is 4.98 Å². The summed E-state index contributed by atoms with van der Waals surface area (Å²) in [5.74, 6) is 2.41. The Kier molecular flexibility index (Phi) is 7.24. The van der Waals surface area contributed by atoms with E-state index in [-0.39, 0.29) is 0 Å². The average molecular weight is 371 g/mol. The number of morpholine rings is 1. The number of anilines is 2. The van der Waals surface area contributed by atoms with Crippen LogP contribution in [0.5, 0.6) is 5.75 Å². The minimum absolute atomic E-state index is 0.673. The van der Waals surface area contributed by atoms with Crippen LogP contribution >= 0.6 is 0 Å². The second kappa shape index (κ2) is 10.1. The van der Waals surface area contributed by atoms with E-state index in [2.05, 4.69) is 37.6 Å². The molecule has 0 saturated carbocycles. The van der Waals surface area contributed by atoms with Crippen LogP contribution in [0.1, 0.15) is 11.3 Å². The van der Waals surface area contributed by atoms with Gasteiger partial charge in [0.25, 0.3) is 0 Å². The molecule has 0 unspecified atom stereocenters. The molecule has 7 nitrogen and oxygen atoms in total. The van der Waals surface area contributed by atoms with Crippen molar-refractivity contribution in [2.45, 2.75) is 13.3 Å². The monoisotopic (exact) mass is 371 g/mol. The van der Waals surface area contributed by atoms with Crippen molar-refractivity contribution in [3.63, 3.8) is 0 Å². The number of aromatic nitrogens is 2. The Morgan fingerprint density at radius 2 is 1.96 bits per heavy atom. The Morgan fingerprint density at radius 3 is 2.78 bits per heavy atom. The van der Waals surface area contributed by atoms with Crippen LogP contribution in [0.15, 0.2) is 30.3 Å². The van der Waals surface area contributed by atoms with E-state index in [4.69, 9.17) is 9.47 Å². The number of aryl methyl sites for hydroxylation is 1. The number of hydrogen-bond acceptors (Lipinski definition) is 7. The van der Waals surface area contributed by atoms with E-state index in [1.54, 1.807) is 7.11 Å². The molecule has 2 heterocycles. The molecule has 27 heavy (non-hydrogen) atoms. The highest BCUT2D eigenvalue weighted by molar-refractivity contribution is 5.42. The maximum Gasteiger partial charge on any atom is 0.224 e. The summed E-state index contributed by atoms with van der Waals surface area (Å²) >= 11 is 0. The minimum atomic E-state index is 0.673. The second-order valence-electron chi connectivity index (χ2n) is 6.63. The van der Waals surface area contributed by atoms with E-state index in [0.717, 1.165) is 69.6 Å². The summed E-state index contributed by atoms with van der Waals surface area (Å²) in [5.41, 5.74) is 2.18. The fourth-order valence-electron chi connectivity index (χ4n) is 3.05. The molecule has 1 aromatic carbocycles. The van der Waals surface area contributed by atoms with Gasteiger partial charge in [0.1, 0.15) is 11.6 Å². The highest BCUT2D eigenvalue weighted by atomic mass is 16.5. The number of ether oxygens (including phenoxy) is 2. The topological polar surface area (TPSA) is 71.5 Å². The fourth-order valence-corrected chi connectivity index (χ4v) is 3.05. The number of nitrogens with zero attached hydrogens (tertiary/aromatic N) is 3. The third-order valence-corrected chi connectivity index (χ3v) is 4.52. The SMILES string of the molecule is COc1cccc(CCNc2cc(C)nc(NCCN3CCOCC3)n2)c1. The van der Waals surface area contributed by atoms with E-state index in [0.29, 0.717) is 5.95 Å². The van der Waals surface area contributed by atoms with Crippen LogP contribution in [0.4, 0.5) is 11.8 Å². The van der Waals surface area contributed by atoms with Crippen LogP contribution in [-0.2, 0) is 11.2 Å².